The molecule has 0 saturated heterocycles. The second kappa shape index (κ2) is 18.5. The van der Waals surface area contributed by atoms with E-state index in [4.69, 9.17) is 13.3 Å². The van der Waals surface area contributed by atoms with Crippen LogP contribution in [0, 0.1) is 0 Å². The third-order valence-corrected chi connectivity index (χ3v) is 11.6. The van der Waals surface area contributed by atoms with Crippen molar-refractivity contribution in [3.8, 4) is 0 Å². The van der Waals surface area contributed by atoms with Crippen molar-refractivity contribution in [1.82, 2.24) is 29.9 Å². The van der Waals surface area contributed by atoms with Crippen molar-refractivity contribution in [3.05, 3.63) is 113 Å². The molecule has 0 aromatic carbocycles. The Hall–Kier alpha value is -5.31. The van der Waals surface area contributed by atoms with E-state index in [0.717, 1.165) is 56.0 Å². The molecule has 8 aromatic heterocycles. The van der Waals surface area contributed by atoms with Gasteiger partial charge in [-0.1, -0.05) is 166 Å². The maximum atomic E-state index is 6.03. The molecule has 0 aliphatic heterocycles. The summed E-state index contributed by atoms with van der Waals surface area (Å²) in [4.78, 5) is 25.6. The van der Waals surface area contributed by atoms with Crippen LogP contribution in [0.15, 0.2) is 80.6 Å². The average molecular weight is 925 g/mol. The summed E-state index contributed by atoms with van der Waals surface area (Å²) in [6.45, 7) is 52.9. The summed E-state index contributed by atoms with van der Waals surface area (Å²) in [7, 11) is 0. The van der Waals surface area contributed by atoms with Crippen molar-refractivity contribution in [1.29, 1.82) is 0 Å². The Kier molecular flexibility index (Phi) is 14.6. The molecule has 8 aromatic rings. The second-order valence-corrected chi connectivity index (χ2v) is 26.6. The molecule has 8 rings (SSSR count). The van der Waals surface area contributed by atoms with Crippen molar-refractivity contribution in [3.63, 3.8) is 0 Å². The van der Waals surface area contributed by atoms with Gasteiger partial charge in [0.25, 0.3) is 0 Å². The first-order valence-electron chi connectivity index (χ1n) is 24.3. The Morgan fingerprint density at radius 3 is 1.25 bits per heavy atom. The average Bonchev–Trinajstić information content (AvgIpc) is 3.97. The van der Waals surface area contributed by atoms with Gasteiger partial charge in [0, 0.05) is 86.0 Å². The Morgan fingerprint density at radius 2 is 0.735 bits per heavy atom. The molecule has 0 unspecified atom stereocenters. The summed E-state index contributed by atoms with van der Waals surface area (Å²) >= 11 is 0. The molecule has 0 saturated carbocycles. The lowest BCUT2D eigenvalue weighted by Crippen LogP contribution is -2.21. The van der Waals surface area contributed by atoms with Crippen LogP contribution in [0.4, 0.5) is 0 Å². The van der Waals surface area contributed by atoms with Crippen LogP contribution < -0.4 is 0 Å². The van der Waals surface area contributed by atoms with Crippen LogP contribution in [0.1, 0.15) is 211 Å². The lowest BCUT2D eigenvalue weighted by atomic mass is 9.79. The smallest absolute Gasteiger partial charge is 0.245 e. The van der Waals surface area contributed by atoms with Crippen LogP contribution in [0.3, 0.4) is 0 Å². The minimum atomic E-state index is -0.0367. The first-order chi connectivity index (χ1) is 30.8. The minimum Gasteiger partial charge on any atom is -0.458 e. The number of hydrogen-bond acceptors (Lipinski definition) is 8. The van der Waals surface area contributed by atoms with Crippen LogP contribution in [0.5, 0.6) is 0 Å². The molecule has 68 heavy (non-hydrogen) atoms. The van der Waals surface area contributed by atoms with Gasteiger partial charge in [-0.15, -0.1) is 0 Å². The Morgan fingerprint density at radius 1 is 0.338 bits per heavy atom. The first-order valence-corrected chi connectivity index (χ1v) is 24.3. The number of pyridine rings is 3. The highest BCUT2D eigenvalue weighted by atomic mass is 16.4. The lowest BCUT2D eigenvalue weighted by molar-refractivity contribution is 0.406. The molecular formula is C59H84N6O3. The molecule has 0 aliphatic carbocycles. The third kappa shape index (κ3) is 11.9. The van der Waals surface area contributed by atoms with E-state index in [1.807, 2.05) is 36.7 Å². The Bertz CT molecular complexity index is 2560. The van der Waals surface area contributed by atoms with Crippen molar-refractivity contribution in [2.45, 2.75) is 209 Å². The molecule has 9 nitrogen and oxygen atoms in total. The number of aromatic amines is 1. The van der Waals surface area contributed by atoms with Crippen molar-refractivity contribution in [2.24, 2.45) is 0 Å². The second-order valence-electron chi connectivity index (χ2n) is 26.6. The van der Waals surface area contributed by atoms with Gasteiger partial charge in [-0.05, 0) is 58.1 Å². The topological polar surface area (TPSA) is 120 Å². The fourth-order valence-corrected chi connectivity index (χ4v) is 8.72. The van der Waals surface area contributed by atoms with Gasteiger partial charge in [-0.25, -0.2) is 15.0 Å². The maximum absolute atomic E-state index is 6.03. The van der Waals surface area contributed by atoms with E-state index < -0.39 is 0 Å². The van der Waals surface area contributed by atoms with Crippen LogP contribution in [0.2, 0.25) is 0 Å². The van der Waals surface area contributed by atoms with Gasteiger partial charge in [-0.3, -0.25) is 9.97 Å². The predicted molar refractivity (Wildman–Crippen MR) is 286 cm³/mol. The fraction of sp³-hybridized carbons (Fsp3) is 0.542. The molecule has 0 spiro atoms. The molecule has 0 bridgehead atoms. The van der Waals surface area contributed by atoms with Crippen LogP contribution in [-0.2, 0) is 43.3 Å². The van der Waals surface area contributed by atoms with Gasteiger partial charge in [0.05, 0.1) is 11.0 Å². The SMILES string of the molecule is CC(C)(C)c1[nH]c2cccnc2c1C(C)(C)C.CC(C)(C)c1oc2cccnc2c1C(C)(C)C.CC(C)(C)c1oc2ncccc2c1C(C)(C)C.CC(C)(C)c1oc2nccnc2c1C(C)(C)C. The fourth-order valence-electron chi connectivity index (χ4n) is 8.72. The van der Waals surface area contributed by atoms with E-state index in [1.165, 1.54) is 27.9 Å². The highest BCUT2D eigenvalue weighted by Crippen LogP contribution is 2.43. The monoisotopic (exact) mass is 925 g/mol. The van der Waals surface area contributed by atoms with E-state index in [1.54, 1.807) is 18.6 Å². The molecule has 8 heterocycles. The number of H-pyrrole nitrogens is 1. The number of nitrogens with zero attached hydrogens (tertiary/aromatic N) is 5. The van der Waals surface area contributed by atoms with Crippen molar-refractivity contribution in [2.75, 3.05) is 0 Å². The minimum absolute atomic E-state index is 0.00329. The standard InChI is InChI=1S/C15H22N2.2C15H21NO.C14H20N2O/c2*1-14(2,3)11-12-10(8-7-9-16-12)17-13(11)15(4,5)6;1-14(2,3)11-10-8-7-9-16-13(10)17-12(11)15(4,5)6;1-13(2,3)9-10-12(16-8-7-15-10)17-11(9)14(4,5)6/h7-9,17H,1-6H3;2*7-9H,1-6H3;7-8H,1-6H3. The molecule has 1 N–H and O–H groups in total. The summed E-state index contributed by atoms with van der Waals surface area (Å²) in [5, 5.41) is 1.14. The zero-order valence-corrected chi connectivity index (χ0v) is 46.3. The van der Waals surface area contributed by atoms with E-state index in [2.05, 4.69) is 208 Å². The Labute approximate surface area is 408 Å². The van der Waals surface area contributed by atoms with Crippen molar-refractivity contribution >= 4 is 44.5 Å². The molecule has 0 atom stereocenters. The molecule has 0 aliphatic rings. The van der Waals surface area contributed by atoms with Gasteiger partial charge in [0.2, 0.25) is 11.4 Å². The summed E-state index contributed by atoms with van der Waals surface area (Å²) < 4.78 is 17.9. The number of fused-ring (bicyclic) bond motifs is 4. The van der Waals surface area contributed by atoms with Gasteiger partial charge in [-0.2, -0.15) is 0 Å². The highest BCUT2D eigenvalue weighted by molar-refractivity contribution is 5.83. The first kappa shape index (κ1) is 53.6. The van der Waals surface area contributed by atoms with Crippen LogP contribution in [-0.4, -0.2) is 29.9 Å². The summed E-state index contributed by atoms with van der Waals surface area (Å²) in [6.07, 6.45) is 8.88. The summed E-state index contributed by atoms with van der Waals surface area (Å²) in [5.41, 5.74) is 13.1. The van der Waals surface area contributed by atoms with Crippen LogP contribution >= 0.6 is 0 Å². The molecule has 0 fully saturated rings. The largest absolute Gasteiger partial charge is 0.458 e. The number of furan rings is 3. The zero-order chi connectivity index (χ0) is 51.4. The van der Waals surface area contributed by atoms with Gasteiger partial charge in [0.1, 0.15) is 28.3 Å². The number of nitrogens with one attached hydrogen (secondary N) is 1. The van der Waals surface area contributed by atoms with E-state index in [9.17, 15) is 0 Å². The van der Waals surface area contributed by atoms with Crippen molar-refractivity contribution < 1.29 is 13.3 Å². The lowest BCUT2D eigenvalue weighted by Gasteiger charge is -2.26. The van der Waals surface area contributed by atoms with Gasteiger partial charge < -0.3 is 18.2 Å². The van der Waals surface area contributed by atoms with Crippen LogP contribution in [0.25, 0.3) is 44.5 Å². The van der Waals surface area contributed by atoms with E-state index in [0.29, 0.717) is 5.71 Å². The molecule has 0 radical (unpaired) electrons. The normalized spacial score (nSPS) is 13.3. The van der Waals surface area contributed by atoms with Gasteiger partial charge >= 0.3 is 0 Å². The molecular weight excluding hydrogens is 841 g/mol. The number of hydrogen-bond donors (Lipinski definition) is 1. The molecule has 9 heteroatoms. The van der Waals surface area contributed by atoms with E-state index >= 15 is 0 Å². The molecule has 0 amide bonds. The quantitative estimate of drug-likeness (QED) is 0.160. The third-order valence-electron chi connectivity index (χ3n) is 11.6. The molecule has 368 valence electrons. The summed E-state index contributed by atoms with van der Waals surface area (Å²) in [5.74, 6) is 3.10. The zero-order valence-electron chi connectivity index (χ0n) is 46.3. The Balaban J connectivity index is 0.000000169. The number of rotatable bonds is 0. The predicted octanol–water partition coefficient (Wildman–Crippen LogP) is 16.8. The summed E-state index contributed by atoms with van der Waals surface area (Å²) in [6, 6.07) is 12.1. The number of aromatic nitrogens is 6. The van der Waals surface area contributed by atoms with E-state index in [-0.39, 0.29) is 43.3 Å². The highest BCUT2D eigenvalue weighted by Gasteiger charge is 2.35. The van der Waals surface area contributed by atoms with Gasteiger partial charge in [0.15, 0.2) is 5.58 Å². The maximum Gasteiger partial charge on any atom is 0.245 e.